The van der Waals surface area contributed by atoms with Gasteiger partial charge in [-0.2, -0.15) is 13.2 Å². The molecular weight excluding hydrogens is 335 g/mol. The molecule has 0 heterocycles. The van der Waals surface area contributed by atoms with Crippen LogP contribution < -0.4 is 10.6 Å². The highest BCUT2D eigenvalue weighted by atomic mass is 19.4. The third-order valence-corrected chi connectivity index (χ3v) is 3.85. The summed E-state index contributed by atoms with van der Waals surface area (Å²) in [6.07, 6.45) is 3.73. The fraction of sp³-hybridized carbons (Fsp3) is 0.941. The van der Waals surface area contributed by atoms with Gasteiger partial charge in [0.1, 0.15) is 6.61 Å². The van der Waals surface area contributed by atoms with E-state index < -0.39 is 12.8 Å². The highest BCUT2D eigenvalue weighted by molar-refractivity contribution is 5.79. The van der Waals surface area contributed by atoms with Crippen LogP contribution in [0.3, 0.4) is 0 Å². The van der Waals surface area contributed by atoms with Gasteiger partial charge in [-0.1, -0.05) is 19.3 Å². The molecule has 0 saturated heterocycles. The van der Waals surface area contributed by atoms with E-state index in [1.807, 2.05) is 6.92 Å². The summed E-state index contributed by atoms with van der Waals surface area (Å²) in [6, 6.07) is 0. The third kappa shape index (κ3) is 12.9. The zero-order chi connectivity index (χ0) is 18.4. The van der Waals surface area contributed by atoms with E-state index in [9.17, 15) is 13.2 Å². The summed E-state index contributed by atoms with van der Waals surface area (Å²) in [5.41, 5.74) is 0. The minimum atomic E-state index is -4.26. The Kier molecular flexibility index (Phi) is 11.6. The van der Waals surface area contributed by atoms with Crippen LogP contribution in [-0.2, 0) is 9.47 Å². The van der Waals surface area contributed by atoms with Crippen molar-refractivity contribution >= 4 is 5.96 Å². The van der Waals surface area contributed by atoms with Crippen molar-refractivity contribution in [3.8, 4) is 0 Å². The van der Waals surface area contributed by atoms with Crippen LogP contribution in [0.5, 0.6) is 0 Å². The average molecular weight is 367 g/mol. The molecule has 8 heteroatoms. The molecule has 2 N–H and O–H groups in total. The summed E-state index contributed by atoms with van der Waals surface area (Å²) < 4.78 is 46.2. The number of halogens is 3. The molecule has 1 rings (SSSR count). The van der Waals surface area contributed by atoms with Gasteiger partial charge in [0.05, 0.1) is 6.10 Å². The second kappa shape index (κ2) is 13.2. The zero-order valence-corrected chi connectivity index (χ0v) is 15.2. The first-order chi connectivity index (χ1) is 12.0. The van der Waals surface area contributed by atoms with Gasteiger partial charge >= 0.3 is 6.18 Å². The number of hydrogen-bond acceptors (Lipinski definition) is 3. The maximum atomic E-state index is 11.9. The van der Waals surface area contributed by atoms with Gasteiger partial charge in [-0.3, -0.25) is 4.99 Å². The van der Waals surface area contributed by atoms with Gasteiger partial charge in [-0.25, -0.2) is 0 Å². The quantitative estimate of drug-likeness (QED) is 0.334. The summed E-state index contributed by atoms with van der Waals surface area (Å²) in [7, 11) is 0. The molecule has 1 aliphatic carbocycles. The van der Waals surface area contributed by atoms with E-state index in [2.05, 4.69) is 20.4 Å². The smallest absolute Gasteiger partial charge is 0.378 e. The fourth-order valence-electron chi connectivity index (χ4n) is 2.65. The number of nitrogens with zero attached hydrogens (tertiary/aromatic N) is 1. The van der Waals surface area contributed by atoms with E-state index in [4.69, 9.17) is 4.74 Å². The fourth-order valence-corrected chi connectivity index (χ4v) is 2.65. The molecule has 0 spiro atoms. The molecule has 5 nitrogen and oxygen atoms in total. The number of ether oxygens (including phenoxy) is 2. The van der Waals surface area contributed by atoms with Crippen molar-refractivity contribution in [2.45, 2.75) is 64.1 Å². The van der Waals surface area contributed by atoms with E-state index >= 15 is 0 Å². The van der Waals surface area contributed by atoms with Crippen LogP contribution in [0.4, 0.5) is 13.2 Å². The van der Waals surface area contributed by atoms with Crippen molar-refractivity contribution in [3.05, 3.63) is 0 Å². The molecule has 25 heavy (non-hydrogen) atoms. The summed E-state index contributed by atoms with van der Waals surface area (Å²) in [5.74, 6) is 0.677. The lowest BCUT2D eigenvalue weighted by molar-refractivity contribution is -0.173. The summed E-state index contributed by atoms with van der Waals surface area (Å²) in [4.78, 5) is 4.33. The summed E-state index contributed by atoms with van der Waals surface area (Å²) in [5, 5.41) is 6.33. The highest BCUT2D eigenvalue weighted by Crippen LogP contribution is 2.20. The van der Waals surface area contributed by atoms with Crippen molar-refractivity contribution in [2.75, 3.05) is 39.5 Å². The number of alkyl halides is 3. The first kappa shape index (κ1) is 22.0. The van der Waals surface area contributed by atoms with Gasteiger partial charge in [0.15, 0.2) is 5.96 Å². The van der Waals surface area contributed by atoms with Crippen molar-refractivity contribution in [3.63, 3.8) is 0 Å². The van der Waals surface area contributed by atoms with Crippen LogP contribution in [-0.4, -0.2) is 57.7 Å². The number of rotatable bonds is 11. The SMILES string of the molecule is CCNC(=NCCCOCC(F)(F)F)NCCCOC1CCCCC1. The Morgan fingerprint density at radius 3 is 2.52 bits per heavy atom. The minimum absolute atomic E-state index is 0.0532. The van der Waals surface area contributed by atoms with Crippen LogP contribution in [0.15, 0.2) is 4.99 Å². The lowest BCUT2D eigenvalue weighted by Gasteiger charge is -2.22. The first-order valence-electron chi connectivity index (χ1n) is 9.29. The van der Waals surface area contributed by atoms with Crippen LogP contribution in [0.25, 0.3) is 0 Å². The minimum Gasteiger partial charge on any atom is -0.378 e. The second-order valence-corrected chi connectivity index (χ2v) is 6.19. The van der Waals surface area contributed by atoms with E-state index in [1.165, 1.54) is 32.1 Å². The molecule has 0 atom stereocenters. The second-order valence-electron chi connectivity index (χ2n) is 6.19. The van der Waals surface area contributed by atoms with Crippen LogP contribution >= 0.6 is 0 Å². The van der Waals surface area contributed by atoms with Crippen molar-refractivity contribution in [1.82, 2.24) is 10.6 Å². The predicted octanol–water partition coefficient (Wildman–Crippen LogP) is 3.25. The molecule has 0 aromatic carbocycles. The van der Waals surface area contributed by atoms with Crippen molar-refractivity contribution in [1.29, 1.82) is 0 Å². The Morgan fingerprint density at radius 1 is 1.08 bits per heavy atom. The van der Waals surface area contributed by atoms with Crippen LogP contribution in [0.2, 0.25) is 0 Å². The molecule has 0 radical (unpaired) electrons. The van der Waals surface area contributed by atoms with Gasteiger partial charge < -0.3 is 20.1 Å². The number of guanidine groups is 1. The Balaban J connectivity index is 2.07. The van der Waals surface area contributed by atoms with E-state index in [0.717, 1.165) is 26.1 Å². The van der Waals surface area contributed by atoms with Gasteiger partial charge in [-0.05, 0) is 32.6 Å². The summed E-state index contributed by atoms with van der Waals surface area (Å²) >= 11 is 0. The van der Waals surface area contributed by atoms with Crippen LogP contribution in [0.1, 0.15) is 51.9 Å². The van der Waals surface area contributed by atoms with Crippen molar-refractivity contribution in [2.24, 2.45) is 4.99 Å². The molecule has 1 saturated carbocycles. The number of nitrogens with one attached hydrogen (secondary N) is 2. The lowest BCUT2D eigenvalue weighted by atomic mass is 9.98. The van der Waals surface area contributed by atoms with Gasteiger partial charge in [-0.15, -0.1) is 0 Å². The van der Waals surface area contributed by atoms with E-state index in [-0.39, 0.29) is 6.61 Å². The number of aliphatic imine (C=N–C) groups is 1. The summed E-state index contributed by atoms with van der Waals surface area (Å²) in [6.45, 7) is 3.47. The first-order valence-corrected chi connectivity index (χ1v) is 9.29. The van der Waals surface area contributed by atoms with E-state index in [1.54, 1.807) is 0 Å². The highest BCUT2D eigenvalue weighted by Gasteiger charge is 2.27. The topological polar surface area (TPSA) is 54.9 Å². The molecule has 0 aromatic heterocycles. The normalized spacial score (nSPS) is 16.9. The Bertz CT molecular complexity index is 360. The van der Waals surface area contributed by atoms with Crippen LogP contribution in [0, 0.1) is 0 Å². The molecule has 0 unspecified atom stereocenters. The van der Waals surface area contributed by atoms with Gasteiger partial charge in [0, 0.05) is 32.8 Å². The Hall–Kier alpha value is -1.02. The molecule has 0 aliphatic heterocycles. The predicted molar refractivity (Wildman–Crippen MR) is 92.9 cm³/mol. The maximum Gasteiger partial charge on any atom is 0.411 e. The largest absolute Gasteiger partial charge is 0.411 e. The Labute approximate surface area is 148 Å². The Morgan fingerprint density at radius 2 is 1.84 bits per heavy atom. The monoisotopic (exact) mass is 367 g/mol. The molecule has 148 valence electrons. The molecule has 1 aliphatic rings. The molecule has 0 amide bonds. The number of hydrogen-bond donors (Lipinski definition) is 2. The zero-order valence-electron chi connectivity index (χ0n) is 15.2. The average Bonchev–Trinajstić information content (AvgIpc) is 2.57. The molecule has 0 bridgehead atoms. The van der Waals surface area contributed by atoms with Gasteiger partial charge in [0.2, 0.25) is 0 Å². The lowest BCUT2D eigenvalue weighted by Crippen LogP contribution is -2.38. The maximum absolute atomic E-state index is 11.9. The molecule has 1 fully saturated rings. The standard InChI is InChI=1S/C17H32F3N3O2/c1-2-21-16(22-10-6-12-24-14-17(18,19)20)23-11-7-13-25-15-8-4-3-5-9-15/h15H,2-14H2,1H3,(H2,21,22,23). The third-order valence-electron chi connectivity index (χ3n) is 3.85. The van der Waals surface area contributed by atoms with Gasteiger partial charge in [0.25, 0.3) is 0 Å². The molecule has 0 aromatic rings. The van der Waals surface area contributed by atoms with E-state index in [0.29, 0.717) is 25.0 Å². The molecular formula is C17H32F3N3O2. The van der Waals surface area contributed by atoms with Crippen molar-refractivity contribution < 1.29 is 22.6 Å².